The first-order valence-electron chi connectivity index (χ1n) is 3.38. The quantitative estimate of drug-likeness (QED) is 0.505. The maximum absolute atomic E-state index is 9.28. The van der Waals surface area contributed by atoms with Crippen LogP contribution >= 0.6 is 0 Å². The molecular formula is C8H11BO. The summed E-state index contributed by atoms with van der Waals surface area (Å²) in [5.41, 5.74) is 3.24. The molecule has 0 atom stereocenters. The standard InChI is InChI=1S/C8H11BO/c1-5-3-6(2)8(9)7(10)4-5/h3-4,10H,9H2,1-2H3. The molecule has 1 aromatic rings. The summed E-state index contributed by atoms with van der Waals surface area (Å²) in [6, 6.07) is 3.84. The summed E-state index contributed by atoms with van der Waals surface area (Å²) in [5.74, 6) is 0.400. The molecule has 0 saturated carbocycles. The normalized spacial score (nSPS) is 9.80. The lowest BCUT2D eigenvalue weighted by atomic mass is 9.89. The molecule has 0 bridgehead atoms. The van der Waals surface area contributed by atoms with Crippen LogP contribution in [-0.2, 0) is 0 Å². The van der Waals surface area contributed by atoms with Gasteiger partial charge in [0.15, 0.2) is 0 Å². The molecule has 52 valence electrons. The zero-order valence-electron chi connectivity index (χ0n) is 6.60. The van der Waals surface area contributed by atoms with Gasteiger partial charge in [-0.1, -0.05) is 11.6 Å². The molecule has 0 spiro atoms. The number of benzene rings is 1. The number of phenolic OH excluding ortho intramolecular Hbond substituents is 1. The fourth-order valence-corrected chi connectivity index (χ4v) is 1.02. The van der Waals surface area contributed by atoms with E-state index in [2.05, 4.69) is 6.07 Å². The van der Waals surface area contributed by atoms with Gasteiger partial charge in [0.25, 0.3) is 0 Å². The van der Waals surface area contributed by atoms with Gasteiger partial charge in [-0.2, -0.15) is 0 Å². The van der Waals surface area contributed by atoms with Gasteiger partial charge in [0, 0.05) is 0 Å². The molecule has 1 nitrogen and oxygen atoms in total. The van der Waals surface area contributed by atoms with E-state index in [9.17, 15) is 5.11 Å². The second-order valence-electron chi connectivity index (χ2n) is 2.73. The largest absolute Gasteiger partial charge is 0.509 e. The molecule has 0 unspecified atom stereocenters. The first-order valence-corrected chi connectivity index (χ1v) is 3.38. The minimum Gasteiger partial charge on any atom is -0.509 e. The Morgan fingerprint density at radius 2 is 1.90 bits per heavy atom. The third-order valence-electron chi connectivity index (χ3n) is 1.78. The number of aromatic hydroxyl groups is 1. The minimum absolute atomic E-state index is 0.400. The predicted octanol–water partition coefficient (Wildman–Crippen LogP) is 0.267. The highest BCUT2D eigenvalue weighted by Gasteiger charge is 1.98. The van der Waals surface area contributed by atoms with Gasteiger partial charge in [-0.05, 0) is 30.9 Å². The van der Waals surface area contributed by atoms with Crippen molar-refractivity contribution in [3.05, 3.63) is 23.3 Å². The van der Waals surface area contributed by atoms with E-state index in [1.165, 1.54) is 0 Å². The number of aryl methyl sites for hydroxylation is 2. The van der Waals surface area contributed by atoms with E-state index in [1.807, 2.05) is 21.7 Å². The van der Waals surface area contributed by atoms with Gasteiger partial charge < -0.3 is 5.11 Å². The lowest BCUT2D eigenvalue weighted by molar-refractivity contribution is 0.479. The van der Waals surface area contributed by atoms with Crippen molar-refractivity contribution in [1.29, 1.82) is 0 Å². The summed E-state index contributed by atoms with van der Waals surface area (Å²) < 4.78 is 0. The predicted molar refractivity (Wildman–Crippen MR) is 45.8 cm³/mol. The summed E-state index contributed by atoms with van der Waals surface area (Å²) >= 11 is 0. The average molecular weight is 134 g/mol. The molecule has 1 N–H and O–H groups in total. The molecule has 0 amide bonds. The molecule has 0 aromatic heterocycles. The van der Waals surface area contributed by atoms with Crippen LogP contribution in [0.15, 0.2) is 12.1 Å². The first-order chi connectivity index (χ1) is 4.61. The SMILES string of the molecule is Bc1c(C)cc(C)cc1O. The van der Waals surface area contributed by atoms with Crippen molar-refractivity contribution < 1.29 is 5.11 Å². The van der Waals surface area contributed by atoms with E-state index in [0.29, 0.717) is 5.75 Å². The molecule has 1 rings (SSSR count). The molecule has 10 heavy (non-hydrogen) atoms. The smallest absolute Gasteiger partial charge is 0.144 e. The fraction of sp³-hybridized carbons (Fsp3) is 0.250. The Labute approximate surface area is 62.1 Å². The number of rotatable bonds is 0. The van der Waals surface area contributed by atoms with Crippen LogP contribution in [0, 0.1) is 13.8 Å². The lowest BCUT2D eigenvalue weighted by Crippen LogP contribution is -2.07. The van der Waals surface area contributed by atoms with Crippen LogP contribution in [0.1, 0.15) is 11.1 Å². The van der Waals surface area contributed by atoms with Crippen molar-refractivity contribution >= 4 is 13.3 Å². The Kier molecular flexibility index (Phi) is 1.71. The molecule has 0 aliphatic carbocycles. The molecule has 1 aromatic carbocycles. The van der Waals surface area contributed by atoms with Crippen molar-refractivity contribution in [3.8, 4) is 5.75 Å². The number of hydrogen-bond donors (Lipinski definition) is 1. The summed E-state index contributed by atoms with van der Waals surface area (Å²) in [5, 5.41) is 9.28. The summed E-state index contributed by atoms with van der Waals surface area (Å²) in [6.07, 6.45) is 0. The molecule has 0 aliphatic rings. The van der Waals surface area contributed by atoms with E-state index >= 15 is 0 Å². The zero-order valence-corrected chi connectivity index (χ0v) is 6.60. The second-order valence-corrected chi connectivity index (χ2v) is 2.73. The molecule has 0 aliphatic heterocycles. The summed E-state index contributed by atoms with van der Waals surface area (Å²) in [4.78, 5) is 0. The highest BCUT2D eigenvalue weighted by Crippen LogP contribution is 2.09. The molecule has 0 radical (unpaired) electrons. The van der Waals surface area contributed by atoms with Crippen LogP contribution in [0.2, 0.25) is 0 Å². The molecule has 2 heteroatoms. The Bertz CT molecular complexity index is 232. The molecule has 0 saturated heterocycles. The van der Waals surface area contributed by atoms with Gasteiger partial charge >= 0.3 is 0 Å². The molecule has 0 fully saturated rings. The Hall–Kier alpha value is -0.915. The fourth-order valence-electron chi connectivity index (χ4n) is 1.02. The van der Waals surface area contributed by atoms with E-state index < -0.39 is 0 Å². The maximum Gasteiger partial charge on any atom is 0.144 e. The highest BCUT2D eigenvalue weighted by molar-refractivity contribution is 6.35. The van der Waals surface area contributed by atoms with Gasteiger partial charge in [-0.15, -0.1) is 0 Å². The van der Waals surface area contributed by atoms with Crippen LogP contribution in [0.3, 0.4) is 0 Å². The lowest BCUT2D eigenvalue weighted by Gasteiger charge is -2.03. The van der Waals surface area contributed by atoms with Gasteiger partial charge in [0.05, 0.1) is 0 Å². The van der Waals surface area contributed by atoms with Crippen molar-refractivity contribution in [2.45, 2.75) is 13.8 Å². The van der Waals surface area contributed by atoms with Crippen LogP contribution in [0.25, 0.3) is 0 Å². The number of phenols is 1. The van der Waals surface area contributed by atoms with E-state index in [-0.39, 0.29) is 0 Å². The van der Waals surface area contributed by atoms with E-state index in [1.54, 1.807) is 6.07 Å². The monoisotopic (exact) mass is 134 g/mol. The second kappa shape index (κ2) is 2.37. The van der Waals surface area contributed by atoms with E-state index in [0.717, 1.165) is 16.6 Å². The topological polar surface area (TPSA) is 20.2 Å². The Balaban J connectivity index is 3.31. The van der Waals surface area contributed by atoms with Crippen molar-refractivity contribution in [3.63, 3.8) is 0 Å². The Morgan fingerprint density at radius 3 is 2.40 bits per heavy atom. The third kappa shape index (κ3) is 1.15. The maximum atomic E-state index is 9.28. The third-order valence-corrected chi connectivity index (χ3v) is 1.78. The average Bonchev–Trinajstić information content (AvgIpc) is 1.82. The number of hydrogen-bond acceptors (Lipinski definition) is 1. The van der Waals surface area contributed by atoms with Crippen molar-refractivity contribution in [2.75, 3.05) is 0 Å². The van der Waals surface area contributed by atoms with Crippen LogP contribution in [0.5, 0.6) is 5.75 Å². The molecular weight excluding hydrogens is 123 g/mol. The van der Waals surface area contributed by atoms with Crippen molar-refractivity contribution in [2.24, 2.45) is 0 Å². The van der Waals surface area contributed by atoms with Gasteiger partial charge in [-0.25, -0.2) is 0 Å². The van der Waals surface area contributed by atoms with Gasteiger partial charge in [0.2, 0.25) is 0 Å². The highest BCUT2D eigenvalue weighted by atomic mass is 16.3. The summed E-state index contributed by atoms with van der Waals surface area (Å²) in [6.45, 7) is 3.98. The molecule has 0 heterocycles. The Morgan fingerprint density at radius 1 is 1.30 bits per heavy atom. The first kappa shape index (κ1) is 7.20. The van der Waals surface area contributed by atoms with E-state index in [4.69, 9.17) is 0 Å². The van der Waals surface area contributed by atoms with Crippen LogP contribution in [0.4, 0.5) is 0 Å². The van der Waals surface area contributed by atoms with Crippen molar-refractivity contribution in [1.82, 2.24) is 0 Å². The van der Waals surface area contributed by atoms with Gasteiger partial charge in [0.1, 0.15) is 13.6 Å². The minimum atomic E-state index is 0.400. The summed E-state index contributed by atoms with van der Waals surface area (Å²) in [7, 11) is 1.92. The van der Waals surface area contributed by atoms with Crippen LogP contribution < -0.4 is 5.46 Å². The van der Waals surface area contributed by atoms with Gasteiger partial charge in [-0.3, -0.25) is 0 Å². The van der Waals surface area contributed by atoms with Crippen LogP contribution in [-0.4, -0.2) is 13.0 Å². The zero-order chi connectivity index (χ0) is 7.72.